The maximum absolute atomic E-state index is 14.0. The Morgan fingerprint density at radius 3 is 2.30 bits per heavy atom. The lowest BCUT2D eigenvalue weighted by Crippen LogP contribution is -2.53. The highest BCUT2D eigenvalue weighted by Crippen LogP contribution is 2.59. The molecule has 6 rings (SSSR count). The Hall–Kier alpha value is -3.67. The van der Waals surface area contributed by atoms with Gasteiger partial charge in [0.15, 0.2) is 0 Å². The molecule has 0 spiro atoms. The van der Waals surface area contributed by atoms with Gasteiger partial charge < -0.3 is 20.4 Å². The molecule has 1 heterocycles. The number of urea groups is 2. The van der Waals surface area contributed by atoms with Crippen molar-refractivity contribution in [2.75, 3.05) is 56.4 Å². The third-order valence-electron chi connectivity index (χ3n) is 9.23. The molecule has 1 saturated heterocycles. The van der Waals surface area contributed by atoms with E-state index in [1.54, 1.807) is 9.80 Å². The molecule has 3 aliphatic carbocycles. The minimum atomic E-state index is -4.46. The van der Waals surface area contributed by atoms with Gasteiger partial charge in [0.25, 0.3) is 0 Å². The van der Waals surface area contributed by atoms with Gasteiger partial charge in [-0.05, 0) is 66.5 Å². The Bertz CT molecular complexity index is 1370. The normalized spacial score (nSPS) is 21.5. The van der Waals surface area contributed by atoms with E-state index in [1.165, 1.54) is 23.8 Å². The zero-order valence-corrected chi connectivity index (χ0v) is 24.2. The number of piperazine rings is 1. The van der Waals surface area contributed by atoms with E-state index in [9.17, 15) is 31.5 Å². The van der Waals surface area contributed by atoms with Gasteiger partial charge >= 0.3 is 18.2 Å². The molecule has 2 bridgehead atoms. The predicted octanol–water partition coefficient (Wildman–Crippen LogP) is 6.66. The first kappa shape index (κ1) is 30.8. The van der Waals surface area contributed by atoms with Crippen LogP contribution in [0.4, 0.5) is 42.9 Å². The molecule has 2 aromatic carbocycles. The number of carbonyl (C=O) groups excluding carboxylic acids is 2. The molecule has 2 atom stereocenters. The number of nitrogens with zero attached hydrogens (tertiary/aromatic N) is 3. The first-order valence-corrected chi connectivity index (χ1v) is 14.5. The SMILES string of the molecule is CC1(C)C2CC=C(CN(CCN3CCN(C(=O)Nc4ccc(F)cc4F)CC3)C(=O)Nc3ccc(C(F)(F)F)cc3)C1C2. The highest BCUT2D eigenvalue weighted by atomic mass is 19.4. The van der Waals surface area contributed by atoms with Crippen LogP contribution in [0.3, 0.4) is 0 Å². The van der Waals surface area contributed by atoms with Crippen LogP contribution < -0.4 is 10.6 Å². The fraction of sp³-hybridized carbons (Fsp3) is 0.484. The largest absolute Gasteiger partial charge is 0.416 e. The van der Waals surface area contributed by atoms with Gasteiger partial charge in [-0.15, -0.1) is 0 Å². The molecular formula is C31H36F5N5O2. The van der Waals surface area contributed by atoms with E-state index < -0.39 is 29.4 Å². The third-order valence-corrected chi connectivity index (χ3v) is 9.23. The topological polar surface area (TPSA) is 67.9 Å². The summed E-state index contributed by atoms with van der Waals surface area (Å²) in [4.78, 5) is 31.4. The molecule has 12 heteroatoms. The quantitative estimate of drug-likeness (QED) is 0.274. The summed E-state index contributed by atoms with van der Waals surface area (Å²) in [7, 11) is 0. The van der Waals surface area contributed by atoms with Crippen LogP contribution in [0.5, 0.6) is 0 Å². The minimum Gasteiger partial charge on any atom is -0.322 e. The zero-order chi connectivity index (χ0) is 30.9. The van der Waals surface area contributed by atoms with E-state index >= 15 is 0 Å². The number of amides is 4. The van der Waals surface area contributed by atoms with Crippen LogP contribution in [-0.4, -0.2) is 72.6 Å². The number of fused-ring (bicyclic) bond motifs is 1. The van der Waals surface area contributed by atoms with Crippen LogP contribution in [-0.2, 0) is 6.18 Å². The first-order chi connectivity index (χ1) is 20.3. The van der Waals surface area contributed by atoms with E-state index in [0.717, 1.165) is 31.0 Å². The summed E-state index contributed by atoms with van der Waals surface area (Å²) >= 11 is 0. The lowest BCUT2D eigenvalue weighted by atomic mass is 9.49. The average Bonchev–Trinajstić information content (AvgIpc) is 2.96. The Balaban J connectivity index is 1.19. The Labute approximate surface area is 247 Å². The van der Waals surface area contributed by atoms with Gasteiger partial charge in [-0.25, -0.2) is 18.4 Å². The van der Waals surface area contributed by atoms with E-state index in [0.29, 0.717) is 63.7 Å². The van der Waals surface area contributed by atoms with Gasteiger partial charge in [0, 0.05) is 57.6 Å². The fourth-order valence-corrected chi connectivity index (χ4v) is 6.30. The van der Waals surface area contributed by atoms with Gasteiger partial charge in [-0.1, -0.05) is 25.5 Å². The second-order valence-electron chi connectivity index (χ2n) is 12.1. The molecule has 1 saturated carbocycles. The lowest BCUT2D eigenvalue weighted by Gasteiger charge is -2.57. The summed E-state index contributed by atoms with van der Waals surface area (Å²) in [6.07, 6.45) is -0.167. The molecule has 4 aliphatic rings. The summed E-state index contributed by atoms with van der Waals surface area (Å²) in [5, 5.41) is 5.24. The fourth-order valence-electron chi connectivity index (χ4n) is 6.30. The van der Waals surface area contributed by atoms with Crippen molar-refractivity contribution in [3.8, 4) is 0 Å². The molecule has 2 aromatic rings. The first-order valence-electron chi connectivity index (χ1n) is 14.5. The average molecular weight is 606 g/mol. The third kappa shape index (κ3) is 6.95. The maximum atomic E-state index is 14.0. The second-order valence-corrected chi connectivity index (χ2v) is 12.1. The van der Waals surface area contributed by atoms with Gasteiger partial charge in [0.05, 0.1) is 11.3 Å². The van der Waals surface area contributed by atoms with E-state index in [-0.39, 0.29) is 22.8 Å². The summed E-state index contributed by atoms with van der Waals surface area (Å²) < 4.78 is 66.1. The van der Waals surface area contributed by atoms with Crippen molar-refractivity contribution in [1.82, 2.24) is 14.7 Å². The standard InChI is InChI=1S/C31H36F5N5O2/c1-30(2)22-4-3-20(25(30)17-22)19-41(28(42)37-24-8-5-21(6-9-24)31(34,35)36)16-13-39-11-14-40(15-12-39)29(43)38-27-10-7-23(32)18-26(27)33/h3,5-10,18,22,25H,4,11-17,19H2,1-2H3,(H,37,42)(H,38,43). The van der Waals surface area contributed by atoms with Crippen LogP contribution in [0.25, 0.3) is 0 Å². The summed E-state index contributed by atoms with van der Waals surface area (Å²) in [6, 6.07) is 6.48. The van der Waals surface area contributed by atoms with Crippen molar-refractivity contribution < 1.29 is 31.5 Å². The number of carbonyl (C=O) groups is 2. The second kappa shape index (κ2) is 12.1. The van der Waals surface area contributed by atoms with Crippen molar-refractivity contribution in [2.45, 2.75) is 32.9 Å². The summed E-state index contributed by atoms with van der Waals surface area (Å²) in [6.45, 7) is 7.70. The highest BCUT2D eigenvalue weighted by Gasteiger charge is 2.51. The van der Waals surface area contributed by atoms with Crippen LogP contribution in [0.15, 0.2) is 54.1 Å². The highest BCUT2D eigenvalue weighted by molar-refractivity contribution is 5.90. The number of allylic oxidation sites excluding steroid dienone is 1. The number of hydrogen-bond donors (Lipinski definition) is 2. The van der Waals surface area contributed by atoms with Crippen molar-refractivity contribution in [1.29, 1.82) is 0 Å². The molecule has 2 unspecified atom stereocenters. The summed E-state index contributed by atoms with van der Waals surface area (Å²) in [5.41, 5.74) is 0.785. The van der Waals surface area contributed by atoms with Crippen molar-refractivity contribution in [2.24, 2.45) is 17.3 Å². The van der Waals surface area contributed by atoms with Gasteiger partial charge in [-0.2, -0.15) is 13.2 Å². The van der Waals surface area contributed by atoms with E-state index in [2.05, 4.69) is 35.5 Å². The van der Waals surface area contributed by atoms with E-state index in [1.807, 2.05) is 0 Å². The number of hydrogen-bond acceptors (Lipinski definition) is 3. The number of anilines is 2. The number of nitrogens with one attached hydrogen (secondary N) is 2. The van der Waals surface area contributed by atoms with Crippen molar-refractivity contribution in [3.05, 3.63) is 71.3 Å². The Morgan fingerprint density at radius 1 is 1.00 bits per heavy atom. The molecule has 232 valence electrons. The molecule has 0 aromatic heterocycles. The van der Waals surface area contributed by atoms with Gasteiger partial charge in [-0.3, -0.25) is 4.90 Å². The molecule has 0 radical (unpaired) electrons. The van der Waals surface area contributed by atoms with Crippen LogP contribution in [0.1, 0.15) is 32.3 Å². The number of halogens is 5. The Morgan fingerprint density at radius 2 is 1.70 bits per heavy atom. The molecule has 1 aliphatic heterocycles. The van der Waals surface area contributed by atoms with Crippen LogP contribution in [0, 0.1) is 28.9 Å². The molecule has 2 fully saturated rings. The lowest BCUT2D eigenvalue weighted by molar-refractivity contribution is -0.137. The molecule has 7 nitrogen and oxygen atoms in total. The number of rotatable bonds is 7. The van der Waals surface area contributed by atoms with Gasteiger partial charge in [0.1, 0.15) is 11.6 Å². The maximum Gasteiger partial charge on any atom is 0.416 e. The van der Waals surface area contributed by atoms with E-state index in [4.69, 9.17) is 0 Å². The monoisotopic (exact) mass is 605 g/mol. The van der Waals surface area contributed by atoms with Crippen LogP contribution >= 0.6 is 0 Å². The molecule has 43 heavy (non-hydrogen) atoms. The predicted molar refractivity (Wildman–Crippen MR) is 154 cm³/mol. The smallest absolute Gasteiger partial charge is 0.322 e. The Kier molecular flexibility index (Phi) is 8.69. The number of benzene rings is 2. The molecular weight excluding hydrogens is 569 g/mol. The zero-order valence-electron chi connectivity index (χ0n) is 24.2. The van der Waals surface area contributed by atoms with Gasteiger partial charge in [0.2, 0.25) is 0 Å². The summed E-state index contributed by atoms with van der Waals surface area (Å²) in [5.74, 6) is -0.550. The molecule has 2 N–H and O–H groups in total. The minimum absolute atomic E-state index is 0.0958. The van der Waals surface area contributed by atoms with Crippen molar-refractivity contribution in [3.63, 3.8) is 0 Å². The van der Waals surface area contributed by atoms with Crippen molar-refractivity contribution >= 4 is 23.4 Å². The molecule has 4 amide bonds. The van der Waals surface area contributed by atoms with Crippen LogP contribution in [0.2, 0.25) is 0 Å². The number of alkyl halides is 3.